The molecule has 0 saturated heterocycles. The minimum atomic E-state index is -4.32. The average molecular weight is 513 g/mol. The highest BCUT2D eigenvalue weighted by Gasteiger charge is 2.33. The van der Waals surface area contributed by atoms with Crippen LogP contribution >= 0.6 is 11.6 Å². The maximum atomic E-state index is 14.5. The number of benzene rings is 2. The Hall–Kier alpha value is -3.60. The van der Waals surface area contributed by atoms with Crippen molar-refractivity contribution in [3.63, 3.8) is 0 Å². The fourth-order valence-corrected chi connectivity index (χ4v) is 5.81. The summed E-state index contributed by atoms with van der Waals surface area (Å²) in [5, 5.41) is 13.1. The molecule has 0 saturated carbocycles. The van der Waals surface area contributed by atoms with Crippen LogP contribution in [-0.4, -0.2) is 40.3 Å². The van der Waals surface area contributed by atoms with E-state index in [-0.39, 0.29) is 18.1 Å². The van der Waals surface area contributed by atoms with Gasteiger partial charge in [0.25, 0.3) is 0 Å². The Morgan fingerprint density at radius 3 is 2.74 bits per heavy atom. The van der Waals surface area contributed by atoms with Gasteiger partial charge in [0, 0.05) is 30.2 Å². The van der Waals surface area contributed by atoms with Gasteiger partial charge < -0.3 is 10.4 Å². The van der Waals surface area contributed by atoms with Gasteiger partial charge in [0.05, 0.1) is 28.0 Å². The lowest BCUT2D eigenvalue weighted by Crippen LogP contribution is -2.36. The summed E-state index contributed by atoms with van der Waals surface area (Å²) < 4.78 is 42.1. The van der Waals surface area contributed by atoms with Gasteiger partial charge in [0.2, 0.25) is 10.0 Å². The quantitative estimate of drug-likeness (QED) is 0.401. The summed E-state index contributed by atoms with van der Waals surface area (Å²) in [4.78, 5) is 19.5. The number of halogens is 2. The number of sulfonamides is 1. The van der Waals surface area contributed by atoms with Crippen molar-refractivity contribution < 1.29 is 22.7 Å². The van der Waals surface area contributed by atoms with Gasteiger partial charge in [0.1, 0.15) is 16.5 Å². The van der Waals surface area contributed by atoms with Gasteiger partial charge in [-0.15, -0.1) is 0 Å². The first-order chi connectivity index (χ1) is 16.7. The molecule has 5 rings (SSSR count). The molecule has 0 unspecified atom stereocenters. The molecule has 2 aromatic heterocycles. The number of carbonyl (C=O) groups is 1. The lowest BCUT2D eigenvalue weighted by atomic mass is 10.0. The first kappa shape index (κ1) is 23.2. The Kier molecular flexibility index (Phi) is 5.87. The minimum absolute atomic E-state index is 0.0185. The van der Waals surface area contributed by atoms with Gasteiger partial charge in [-0.3, -0.25) is 4.98 Å². The lowest BCUT2D eigenvalue weighted by Gasteiger charge is -2.29. The van der Waals surface area contributed by atoms with Gasteiger partial charge in [-0.05, 0) is 42.3 Å². The summed E-state index contributed by atoms with van der Waals surface area (Å²) in [5.41, 5.74) is 2.67. The molecule has 11 heteroatoms. The number of aromatic nitrogens is 2. The van der Waals surface area contributed by atoms with E-state index in [1.54, 1.807) is 18.5 Å². The number of nitrogens with zero attached hydrogens (tertiary/aromatic N) is 3. The number of anilines is 2. The van der Waals surface area contributed by atoms with E-state index in [0.717, 1.165) is 32.5 Å². The number of nitrogens with one attached hydrogen (secondary N) is 1. The number of hydrogen-bond donors (Lipinski definition) is 2. The molecule has 0 radical (unpaired) electrons. The number of fused-ring (bicyclic) bond motifs is 2. The summed E-state index contributed by atoms with van der Waals surface area (Å²) in [6, 6.07) is 12.8. The maximum absolute atomic E-state index is 14.5. The second-order valence-corrected chi connectivity index (χ2v) is 10.3. The smallest absolute Gasteiger partial charge is 0.337 e. The molecule has 8 nitrogen and oxygen atoms in total. The highest BCUT2D eigenvalue weighted by Crippen LogP contribution is 2.32. The summed E-state index contributed by atoms with van der Waals surface area (Å²) in [6.45, 7) is 0.0471. The van der Waals surface area contributed by atoms with Gasteiger partial charge in [-0.2, -0.15) is 4.31 Å². The molecule has 0 amide bonds. The largest absolute Gasteiger partial charge is 0.478 e. The van der Waals surface area contributed by atoms with Gasteiger partial charge in [0.15, 0.2) is 0 Å². The maximum Gasteiger partial charge on any atom is 0.337 e. The number of rotatable bonds is 5. The number of aromatic carboxylic acids is 1. The van der Waals surface area contributed by atoms with Crippen LogP contribution in [0.1, 0.15) is 21.5 Å². The number of hydrogen-bond acceptors (Lipinski definition) is 6. The third-order valence-corrected chi connectivity index (χ3v) is 8.01. The molecule has 1 aliphatic heterocycles. The second kappa shape index (κ2) is 8.88. The molecular weight excluding hydrogens is 495 g/mol. The molecule has 0 atom stereocenters. The van der Waals surface area contributed by atoms with E-state index in [2.05, 4.69) is 15.3 Å². The van der Waals surface area contributed by atoms with Crippen LogP contribution in [0, 0.1) is 5.82 Å². The van der Waals surface area contributed by atoms with Crippen LogP contribution in [0.3, 0.4) is 0 Å². The summed E-state index contributed by atoms with van der Waals surface area (Å²) in [6.07, 6.45) is 3.59. The molecule has 1 aliphatic rings. The molecule has 0 aliphatic carbocycles. The highest BCUT2D eigenvalue weighted by atomic mass is 35.5. The Balaban J connectivity index is 1.44. The molecular formula is C24H18ClFN4O4S. The number of carboxylic acids is 1. The summed E-state index contributed by atoms with van der Waals surface area (Å²) >= 11 is 5.77. The zero-order chi connectivity index (χ0) is 24.7. The van der Waals surface area contributed by atoms with E-state index in [1.807, 2.05) is 30.3 Å². The van der Waals surface area contributed by atoms with Gasteiger partial charge in [-0.25, -0.2) is 22.6 Å². The lowest BCUT2D eigenvalue weighted by molar-refractivity contribution is 0.0696. The molecule has 4 aromatic rings. The Morgan fingerprint density at radius 2 is 1.94 bits per heavy atom. The summed E-state index contributed by atoms with van der Waals surface area (Å²) in [5.74, 6) is -1.96. The van der Waals surface area contributed by atoms with Crippen molar-refractivity contribution in [1.29, 1.82) is 0 Å². The average Bonchev–Trinajstić information content (AvgIpc) is 2.83. The van der Waals surface area contributed by atoms with Crippen molar-refractivity contribution in [2.24, 2.45) is 0 Å². The first-order valence-electron chi connectivity index (χ1n) is 10.5. The van der Waals surface area contributed by atoms with E-state index in [0.29, 0.717) is 23.9 Å². The van der Waals surface area contributed by atoms with Crippen molar-refractivity contribution in [1.82, 2.24) is 14.3 Å². The SMILES string of the molecule is O=C(O)c1cc(S(=O)(=O)N2CCc3c(ccnc3Nc3cnc4ccccc4c3)C2)c(F)cc1Cl. The van der Waals surface area contributed by atoms with Crippen LogP contribution < -0.4 is 5.32 Å². The molecule has 35 heavy (non-hydrogen) atoms. The van der Waals surface area contributed by atoms with E-state index >= 15 is 0 Å². The van der Waals surface area contributed by atoms with Crippen molar-refractivity contribution in [2.45, 2.75) is 17.9 Å². The van der Waals surface area contributed by atoms with Crippen LogP contribution in [0.2, 0.25) is 5.02 Å². The number of para-hydroxylation sites is 1. The fraction of sp³-hybridized carbons (Fsp3) is 0.125. The Bertz CT molecular complexity index is 1600. The van der Waals surface area contributed by atoms with E-state index in [9.17, 15) is 22.7 Å². The molecule has 0 bridgehead atoms. The molecule has 178 valence electrons. The third kappa shape index (κ3) is 4.31. The first-order valence-corrected chi connectivity index (χ1v) is 12.4. The second-order valence-electron chi connectivity index (χ2n) is 8.00. The zero-order valence-electron chi connectivity index (χ0n) is 18.1. The Labute approximate surface area is 205 Å². The predicted octanol–water partition coefficient (Wildman–Crippen LogP) is 4.61. The molecule has 0 fully saturated rings. The van der Waals surface area contributed by atoms with Crippen molar-refractivity contribution >= 4 is 50.0 Å². The van der Waals surface area contributed by atoms with Crippen LogP contribution in [0.15, 0.2) is 65.8 Å². The monoisotopic (exact) mass is 512 g/mol. The third-order valence-electron chi connectivity index (χ3n) is 5.83. The molecule has 0 spiro atoms. The van der Waals surface area contributed by atoms with E-state index in [1.165, 1.54) is 0 Å². The fourth-order valence-electron chi connectivity index (χ4n) is 4.08. The van der Waals surface area contributed by atoms with Gasteiger partial charge >= 0.3 is 5.97 Å². The van der Waals surface area contributed by atoms with Crippen LogP contribution in [-0.2, 0) is 23.0 Å². The molecule has 3 heterocycles. The molecule has 2 aromatic carbocycles. The standard InChI is InChI=1S/C24H18ClFN4O4S/c25-19-11-20(26)22(10-18(19)24(31)32)35(33,34)30-8-6-17-15(13-30)5-7-27-23(17)29-16-9-14-3-1-2-4-21(14)28-12-16/h1-5,7,9-12H,6,8,13H2,(H,27,29)(H,31,32). The van der Waals surface area contributed by atoms with Crippen LogP contribution in [0.5, 0.6) is 0 Å². The Morgan fingerprint density at radius 1 is 1.14 bits per heavy atom. The van der Waals surface area contributed by atoms with E-state index in [4.69, 9.17) is 11.6 Å². The summed E-state index contributed by atoms with van der Waals surface area (Å²) in [7, 11) is -4.32. The van der Waals surface area contributed by atoms with Crippen molar-refractivity contribution in [3.8, 4) is 0 Å². The normalized spacial score (nSPS) is 14.0. The number of carboxylic acid groups (broad SMARTS) is 1. The highest BCUT2D eigenvalue weighted by molar-refractivity contribution is 7.89. The topological polar surface area (TPSA) is 112 Å². The van der Waals surface area contributed by atoms with Gasteiger partial charge in [-0.1, -0.05) is 29.8 Å². The van der Waals surface area contributed by atoms with Crippen molar-refractivity contribution in [2.75, 3.05) is 11.9 Å². The minimum Gasteiger partial charge on any atom is -0.478 e. The van der Waals surface area contributed by atoms with Crippen molar-refractivity contribution in [3.05, 3.63) is 88.5 Å². The predicted molar refractivity (Wildman–Crippen MR) is 129 cm³/mol. The van der Waals surface area contributed by atoms with Crippen LogP contribution in [0.25, 0.3) is 10.9 Å². The van der Waals surface area contributed by atoms with Crippen LogP contribution in [0.4, 0.5) is 15.9 Å². The number of pyridine rings is 2. The van der Waals surface area contributed by atoms with E-state index < -0.39 is 32.3 Å². The zero-order valence-corrected chi connectivity index (χ0v) is 19.6. The molecule has 2 N–H and O–H groups in total.